The van der Waals surface area contributed by atoms with Crippen LogP contribution in [0.15, 0.2) is 97.1 Å². The predicted molar refractivity (Wildman–Crippen MR) is 147 cm³/mol. The molecule has 2 heteroatoms. The van der Waals surface area contributed by atoms with Crippen LogP contribution < -0.4 is 0 Å². The first-order valence-electron chi connectivity index (χ1n) is 11.8. The zero-order valence-corrected chi connectivity index (χ0v) is 19.1. The highest BCUT2D eigenvalue weighted by molar-refractivity contribution is 6.26. The third-order valence-corrected chi connectivity index (χ3v) is 7.85. The van der Waals surface area contributed by atoms with Gasteiger partial charge in [0.2, 0.25) is 0 Å². The Hall–Kier alpha value is -4.30. The van der Waals surface area contributed by atoms with E-state index in [1.54, 1.807) is 0 Å². The maximum atomic E-state index is 2.38. The molecule has 160 valence electrons. The van der Waals surface area contributed by atoms with Gasteiger partial charge >= 0.3 is 0 Å². The molecule has 0 N–H and O–H groups in total. The highest BCUT2D eigenvalue weighted by Gasteiger charge is 2.17. The van der Waals surface area contributed by atoms with Crippen LogP contribution in [0.1, 0.15) is 0 Å². The van der Waals surface area contributed by atoms with E-state index >= 15 is 0 Å². The molecule has 34 heavy (non-hydrogen) atoms. The minimum atomic E-state index is 1.28. The maximum absolute atomic E-state index is 2.38. The second kappa shape index (κ2) is 6.18. The molecule has 0 bridgehead atoms. The van der Waals surface area contributed by atoms with Crippen molar-refractivity contribution in [1.29, 1.82) is 0 Å². The summed E-state index contributed by atoms with van der Waals surface area (Å²) in [5.74, 6) is 0. The van der Waals surface area contributed by atoms with Gasteiger partial charge in [0, 0.05) is 57.4 Å². The van der Waals surface area contributed by atoms with Gasteiger partial charge in [0.05, 0.1) is 11.0 Å². The van der Waals surface area contributed by atoms with Crippen molar-refractivity contribution >= 4 is 75.9 Å². The van der Waals surface area contributed by atoms with E-state index in [1.807, 2.05) is 0 Å². The van der Waals surface area contributed by atoms with Crippen LogP contribution in [-0.2, 0) is 14.1 Å². The Morgan fingerprint density at radius 1 is 0.382 bits per heavy atom. The van der Waals surface area contributed by atoms with Gasteiger partial charge in [-0.05, 0) is 45.8 Å². The van der Waals surface area contributed by atoms with E-state index in [0.717, 1.165) is 0 Å². The molecule has 0 spiro atoms. The van der Waals surface area contributed by atoms with Crippen molar-refractivity contribution in [3.63, 3.8) is 0 Å². The quantitative estimate of drug-likeness (QED) is 0.227. The molecule has 0 saturated heterocycles. The summed E-state index contributed by atoms with van der Waals surface area (Å²) >= 11 is 0. The van der Waals surface area contributed by atoms with Gasteiger partial charge in [0.15, 0.2) is 0 Å². The van der Waals surface area contributed by atoms with Gasteiger partial charge in [0.25, 0.3) is 0 Å². The highest BCUT2D eigenvalue weighted by Crippen LogP contribution is 2.40. The van der Waals surface area contributed by atoms with Gasteiger partial charge in [-0.15, -0.1) is 0 Å². The van der Waals surface area contributed by atoms with Crippen molar-refractivity contribution in [2.24, 2.45) is 14.1 Å². The van der Waals surface area contributed by atoms with Crippen molar-refractivity contribution in [2.75, 3.05) is 0 Å². The van der Waals surface area contributed by atoms with Crippen molar-refractivity contribution in [1.82, 2.24) is 9.13 Å². The molecule has 8 aromatic rings. The number of nitrogens with zero attached hydrogens (tertiary/aromatic N) is 2. The lowest BCUT2D eigenvalue weighted by molar-refractivity contribution is 1.02. The minimum absolute atomic E-state index is 1.28. The van der Waals surface area contributed by atoms with Crippen LogP contribution >= 0.6 is 0 Å². The smallest absolute Gasteiger partial charge is 0.0569 e. The van der Waals surface area contributed by atoms with Crippen LogP contribution in [0.2, 0.25) is 0 Å². The highest BCUT2D eigenvalue weighted by atomic mass is 15.0. The fourth-order valence-corrected chi connectivity index (χ4v) is 6.22. The maximum Gasteiger partial charge on any atom is 0.0569 e. The summed E-state index contributed by atoms with van der Waals surface area (Å²) in [4.78, 5) is 0. The number of fused-ring (bicyclic) bond motifs is 11. The molecule has 0 aliphatic heterocycles. The lowest BCUT2D eigenvalue weighted by Crippen LogP contribution is -1.91. The van der Waals surface area contributed by atoms with Crippen molar-refractivity contribution in [2.45, 2.75) is 0 Å². The Morgan fingerprint density at radius 3 is 1.09 bits per heavy atom. The van der Waals surface area contributed by atoms with Crippen molar-refractivity contribution in [3.8, 4) is 0 Å². The van der Waals surface area contributed by atoms with E-state index in [-0.39, 0.29) is 0 Å². The Bertz CT molecular complexity index is 1980. The van der Waals surface area contributed by atoms with Gasteiger partial charge < -0.3 is 9.13 Å². The second-order valence-corrected chi connectivity index (χ2v) is 9.57. The molecule has 0 aliphatic carbocycles. The molecule has 8 rings (SSSR count). The molecule has 0 unspecified atom stereocenters. The average Bonchev–Trinajstić information content (AvgIpc) is 3.32. The van der Waals surface area contributed by atoms with Gasteiger partial charge in [-0.25, -0.2) is 0 Å². The largest absolute Gasteiger partial charge is 0.343 e. The zero-order valence-electron chi connectivity index (χ0n) is 19.1. The Balaban J connectivity index is 1.56. The molecule has 0 atom stereocenters. The standard InChI is InChI=1S/C32H22N2/c1-33-29-17-21-9-5-3-7-19(21)15-27(29)25-13-12-24-23(31(25)33)11-14-26-28-16-20-8-4-6-10-22(20)18-30(28)34(2)32(24)26/h3-18H,1-2H3. The van der Waals surface area contributed by atoms with Crippen LogP contribution in [-0.4, -0.2) is 9.13 Å². The minimum Gasteiger partial charge on any atom is -0.343 e. The number of rotatable bonds is 0. The van der Waals surface area contributed by atoms with Crippen LogP contribution in [0, 0.1) is 0 Å². The molecule has 0 aliphatic rings. The SMILES string of the molecule is Cn1c2cc3ccccc3cc2c2ccc3c(ccc4c5cc6ccccc6cc5n(C)c43)c21. The van der Waals surface area contributed by atoms with Crippen molar-refractivity contribution < 1.29 is 0 Å². The van der Waals surface area contributed by atoms with E-state index in [0.29, 0.717) is 0 Å². The molecule has 0 amide bonds. The fraction of sp³-hybridized carbons (Fsp3) is 0.0625. The molecule has 0 saturated carbocycles. The van der Waals surface area contributed by atoms with E-state index in [4.69, 9.17) is 0 Å². The summed E-state index contributed by atoms with van der Waals surface area (Å²) in [5.41, 5.74) is 5.18. The number of hydrogen-bond donors (Lipinski definition) is 0. The Morgan fingerprint density at radius 2 is 0.706 bits per heavy atom. The molecule has 2 nitrogen and oxygen atoms in total. The van der Waals surface area contributed by atoms with Crippen molar-refractivity contribution in [3.05, 3.63) is 97.1 Å². The molecule has 6 aromatic carbocycles. The van der Waals surface area contributed by atoms with Crippen LogP contribution in [0.4, 0.5) is 0 Å². The van der Waals surface area contributed by atoms with Crippen LogP contribution in [0.25, 0.3) is 75.9 Å². The van der Waals surface area contributed by atoms with Crippen LogP contribution in [0.3, 0.4) is 0 Å². The van der Waals surface area contributed by atoms with Crippen LogP contribution in [0.5, 0.6) is 0 Å². The monoisotopic (exact) mass is 434 g/mol. The number of benzene rings is 6. The van der Waals surface area contributed by atoms with Gasteiger partial charge in [0.1, 0.15) is 0 Å². The van der Waals surface area contributed by atoms with E-state index in [9.17, 15) is 0 Å². The van der Waals surface area contributed by atoms with Gasteiger partial charge in [-0.3, -0.25) is 0 Å². The number of aromatic nitrogens is 2. The van der Waals surface area contributed by atoms with Gasteiger partial charge in [-0.2, -0.15) is 0 Å². The summed E-state index contributed by atoms with van der Waals surface area (Å²) in [6.07, 6.45) is 0. The molecule has 2 heterocycles. The molecule has 2 aromatic heterocycles. The first kappa shape index (κ1) is 18.2. The molecular formula is C32H22N2. The lowest BCUT2D eigenvalue weighted by Gasteiger charge is -2.07. The summed E-state index contributed by atoms with van der Waals surface area (Å²) in [5, 5.41) is 13.0. The van der Waals surface area contributed by atoms with Gasteiger partial charge in [-0.1, -0.05) is 72.8 Å². The zero-order chi connectivity index (χ0) is 22.6. The normalized spacial score (nSPS) is 12.4. The first-order chi connectivity index (χ1) is 16.7. The topological polar surface area (TPSA) is 9.86 Å². The first-order valence-corrected chi connectivity index (χ1v) is 11.8. The molecule has 0 radical (unpaired) electrons. The average molecular weight is 435 g/mol. The molecular weight excluding hydrogens is 412 g/mol. The van der Waals surface area contributed by atoms with E-state index in [1.165, 1.54) is 75.9 Å². The summed E-state index contributed by atoms with van der Waals surface area (Å²) in [7, 11) is 4.41. The second-order valence-electron chi connectivity index (χ2n) is 9.57. The fourth-order valence-electron chi connectivity index (χ4n) is 6.22. The predicted octanol–water partition coefficient (Wildman–Crippen LogP) is 8.44. The number of hydrogen-bond acceptors (Lipinski definition) is 0. The lowest BCUT2D eigenvalue weighted by atomic mass is 10.0. The van der Waals surface area contributed by atoms with E-state index < -0.39 is 0 Å². The number of aryl methyl sites for hydroxylation is 2. The van der Waals surface area contributed by atoms with E-state index in [2.05, 4.69) is 120 Å². The summed E-state index contributed by atoms with van der Waals surface area (Å²) in [6.45, 7) is 0. The summed E-state index contributed by atoms with van der Waals surface area (Å²) in [6, 6.07) is 35.9. The third kappa shape index (κ3) is 2.16. The molecule has 0 fully saturated rings. The Kier molecular flexibility index (Phi) is 3.30. The Labute approximate surface area is 196 Å². The third-order valence-electron chi connectivity index (χ3n) is 7.85. The summed E-state index contributed by atoms with van der Waals surface area (Å²) < 4.78 is 4.75.